The highest BCUT2D eigenvalue weighted by atomic mass is 127. The van der Waals surface area contributed by atoms with E-state index in [-0.39, 0.29) is 0 Å². The van der Waals surface area contributed by atoms with Crippen LogP contribution in [-0.4, -0.2) is 22.1 Å². The first-order valence-corrected chi connectivity index (χ1v) is 10.4. The van der Waals surface area contributed by atoms with E-state index in [1.807, 2.05) is 50.2 Å². The number of halogens is 2. The van der Waals surface area contributed by atoms with E-state index >= 15 is 0 Å². The van der Waals surface area contributed by atoms with Gasteiger partial charge in [0.2, 0.25) is 0 Å². The molecule has 0 amide bonds. The van der Waals surface area contributed by atoms with Crippen LogP contribution < -0.4 is 14.2 Å². The summed E-state index contributed by atoms with van der Waals surface area (Å²) in [6.07, 6.45) is 0. The van der Waals surface area contributed by atoms with Gasteiger partial charge in [-0.1, -0.05) is 45.2 Å². The SMILES string of the molecule is Cc1cc(OCCI)cc(Oc2cc(C)cc(OCCI)c2)c1. The van der Waals surface area contributed by atoms with Gasteiger partial charge in [-0.2, -0.15) is 0 Å². The Morgan fingerprint density at radius 2 is 1.04 bits per heavy atom. The van der Waals surface area contributed by atoms with Gasteiger partial charge in [0.05, 0.1) is 13.2 Å². The molecule has 5 heteroatoms. The summed E-state index contributed by atoms with van der Waals surface area (Å²) in [4.78, 5) is 0. The third-order valence-electron chi connectivity index (χ3n) is 2.98. The average molecular weight is 538 g/mol. The van der Waals surface area contributed by atoms with E-state index in [1.165, 1.54) is 0 Å². The maximum atomic E-state index is 6.02. The van der Waals surface area contributed by atoms with Crippen LogP contribution in [-0.2, 0) is 0 Å². The monoisotopic (exact) mass is 538 g/mol. The molecule has 0 aliphatic rings. The Labute approximate surface area is 165 Å². The van der Waals surface area contributed by atoms with Gasteiger partial charge < -0.3 is 14.2 Å². The summed E-state index contributed by atoms with van der Waals surface area (Å²) in [7, 11) is 0. The molecule has 2 aromatic rings. The Bertz CT molecular complexity index is 589. The van der Waals surface area contributed by atoms with Crippen LogP contribution in [0.4, 0.5) is 0 Å². The molecule has 0 aliphatic carbocycles. The normalized spacial score (nSPS) is 10.4. The predicted molar refractivity (Wildman–Crippen MR) is 111 cm³/mol. The van der Waals surface area contributed by atoms with Crippen molar-refractivity contribution >= 4 is 45.2 Å². The molecule has 0 atom stereocenters. The van der Waals surface area contributed by atoms with Crippen molar-refractivity contribution < 1.29 is 14.2 Å². The number of alkyl halides is 2. The molecule has 0 unspecified atom stereocenters. The number of ether oxygens (including phenoxy) is 3. The molecule has 0 bridgehead atoms. The van der Waals surface area contributed by atoms with Crippen molar-refractivity contribution in [2.45, 2.75) is 13.8 Å². The maximum absolute atomic E-state index is 6.02. The van der Waals surface area contributed by atoms with Crippen LogP contribution in [0.2, 0.25) is 0 Å². The summed E-state index contributed by atoms with van der Waals surface area (Å²) in [6, 6.07) is 11.9. The second-order valence-corrected chi connectivity index (χ2v) is 7.30. The van der Waals surface area contributed by atoms with Crippen LogP contribution in [0.15, 0.2) is 36.4 Å². The Balaban J connectivity index is 2.17. The number of aryl methyl sites for hydroxylation is 2. The third kappa shape index (κ3) is 6.37. The summed E-state index contributed by atoms with van der Waals surface area (Å²) < 4.78 is 19.3. The standard InChI is InChI=1S/C18H20I2O3/c1-13-7-15(21-5-3-19)11-17(9-13)23-18-10-14(2)8-16(12-18)22-6-4-20/h7-12H,3-6H2,1-2H3. The van der Waals surface area contributed by atoms with Gasteiger partial charge in [-0.3, -0.25) is 0 Å². The van der Waals surface area contributed by atoms with E-state index in [0.29, 0.717) is 13.2 Å². The molecular formula is C18H20I2O3. The van der Waals surface area contributed by atoms with Gasteiger partial charge in [0.15, 0.2) is 0 Å². The topological polar surface area (TPSA) is 27.7 Å². The molecule has 0 fully saturated rings. The number of benzene rings is 2. The minimum Gasteiger partial charge on any atom is -0.493 e. The first-order chi connectivity index (χ1) is 11.1. The molecule has 2 aromatic carbocycles. The number of hydrogen-bond donors (Lipinski definition) is 0. The lowest BCUT2D eigenvalue weighted by atomic mass is 10.2. The minimum absolute atomic E-state index is 0.697. The van der Waals surface area contributed by atoms with E-state index in [9.17, 15) is 0 Å². The summed E-state index contributed by atoms with van der Waals surface area (Å²) >= 11 is 4.60. The van der Waals surface area contributed by atoms with E-state index < -0.39 is 0 Å². The van der Waals surface area contributed by atoms with Crippen molar-refractivity contribution in [1.29, 1.82) is 0 Å². The van der Waals surface area contributed by atoms with Crippen molar-refractivity contribution in [3.63, 3.8) is 0 Å². The van der Waals surface area contributed by atoms with Gasteiger partial charge in [-0.15, -0.1) is 0 Å². The Hall–Kier alpha value is -0.700. The van der Waals surface area contributed by atoms with Crippen LogP contribution in [0.1, 0.15) is 11.1 Å². The zero-order valence-corrected chi connectivity index (χ0v) is 17.6. The fourth-order valence-corrected chi connectivity index (χ4v) is 2.60. The molecule has 0 saturated heterocycles. The molecular weight excluding hydrogens is 518 g/mol. The van der Waals surface area contributed by atoms with E-state index in [0.717, 1.165) is 43.0 Å². The summed E-state index contributed by atoms with van der Waals surface area (Å²) in [6.45, 7) is 5.47. The van der Waals surface area contributed by atoms with Gasteiger partial charge in [-0.25, -0.2) is 0 Å². The summed E-state index contributed by atoms with van der Waals surface area (Å²) in [5.74, 6) is 3.23. The molecule has 0 aliphatic heterocycles. The Morgan fingerprint density at radius 1 is 0.652 bits per heavy atom. The molecule has 3 nitrogen and oxygen atoms in total. The van der Waals surface area contributed by atoms with Gasteiger partial charge in [0, 0.05) is 21.0 Å². The predicted octanol–water partition coefficient (Wildman–Crippen LogP) is 5.72. The molecule has 124 valence electrons. The van der Waals surface area contributed by atoms with Crippen molar-refractivity contribution in [3.8, 4) is 23.0 Å². The van der Waals surface area contributed by atoms with Crippen LogP contribution in [0.3, 0.4) is 0 Å². The number of hydrogen-bond acceptors (Lipinski definition) is 3. The molecule has 0 spiro atoms. The van der Waals surface area contributed by atoms with Gasteiger partial charge in [0.25, 0.3) is 0 Å². The van der Waals surface area contributed by atoms with E-state index in [2.05, 4.69) is 45.2 Å². The molecule has 0 heterocycles. The molecule has 0 N–H and O–H groups in total. The molecule has 0 saturated carbocycles. The fraction of sp³-hybridized carbons (Fsp3) is 0.333. The highest BCUT2D eigenvalue weighted by Gasteiger charge is 2.05. The molecule has 0 aromatic heterocycles. The zero-order chi connectivity index (χ0) is 16.7. The van der Waals surface area contributed by atoms with Crippen LogP contribution >= 0.6 is 45.2 Å². The lowest BCUT2D eigenvalue weighted by molar-refractivity contribution is 0.341. The average Bonchev–Trinajstić information content (AvgIpc) is 2.50. The first-order valence-electron chi connectivity index (χ1n) is 7.39. The van der Waals surface area contributed by atoms with Crippen molar-refractivity contribution in [2.75, 3.05) is 22.1 Å². The van der Waals surface area contributed by atoms with E-state index in [4.69, 9.17) is 14.2 Å². The highest BCUT2D eigenvalue weighted by Crippen LogP contribution is 2.30. The van der Waals surface area contributed by atoms with Crippen molar-refractivity contribution in [2.24, 2.45) is 0 Å². The van der Waals surface area contributed by atoms with Crippen LogP contribution in [0.25, 0.3) is 0 Å². The third-order valence-corrected chi connectivity index (χ3v) is 3.86. The molecule has 0 radical (unpaired) electrons. The van der Waals surface area contributed by atoms with Crippen molar-refractivity contribution in [1.82, 2.24) is 0 Å². The fourth-order valence-electron chi connectivity index (χ4n) is 2.16. The molecule has 23 heavy (non-hydrogen) atoms. The van der Waals surface area contributed by atoms with Crippen LogP contribution in [0, 0.1) is 13.8 Å². The lowest BCUT2D eigenvalue weighted by Gasteiger charge is -2.12. The van der Waals surface area contributed by atoms with Gasteiger partial charge in [0.1, 0.15) is 23.0 Å². The minimum atomic E-state index is 0.697. The van der Waals surface area contributed by atoms with Gasteiger partial charge >= 0.3 is 0 Å². The van der Waals surface area contributed by atoms with E-state index in [1.54, 1.807) is 0 Å². The lowest BCUT2D eigenvalue weighted by Crippen LogP contribution is -1.99. The molecule has 2 rings (SSSR count). The smallest absolute Gasteiger partial charge is 0.131 e. The quantitative estimate of drug-likeness (QED) is 0.318. The van der Waals surface area contributed by atoms with Crippen LogP contribution in [0.5, 0.6) is 23.0 Å². The number of rotatable bonds is 8. The zero-order valence-electron chi connectivity index (χ0n) is 13.3. The Kier molecular flexibility index (Phi) is 7.75. The summed E-state index contributed by atoms with van der Waals surface area (Å²) in [5, 5.41) is 0. The Morgan fingerprint density at radius 3 is 1.43 bits per heavy atom. The summed E-state index contributed by atoms with van der Waals surface area (Å²) in [5.41, 5.74) is 2.22. The largest absolute Gasteiger partial charge is 0.493 e. The second kappa shape index (κ2) is 9.56. The van der Waals surface area contributed by atoms with Gasteiger partial charge in [-0.05, 0) is 49.2 Å². The maximum Gasteiger partial charge on any atom is 0.131 e. The second-order valence-electron chi connectivity index (χ2n) is 5.14. The highest BCUT2D eigenvalue weighted by molar-refractivity contribution is 14.1. The van der Waals surface area contributed by atoms with Crippen molar-refractivity contribution in [3.05, 3.63) is 47.5 Å². The first kappa shape index (κ1) is 18.6.